The van der Waals surface area contributed by atoms with Crippen LogP contribution in [0.2, 0.25) is 0 Å². The first-order valence-electron chi connectivity index (χ1n) is 8.90. The van der Waals surface area contributed by atoms with Crippen molar-refractivity contribution >= 4 is 34.9 Å². The van der Waals surface area contributed by atoms with E-state index in [1.54, 1.807) is 54.9 Å². The van der Waals surface area contributed by atoms with E-state index in [2.05, 4.69) is 26.0 Å². The van der Waals surface area contributed by atoms with Crippen molar-refractivity contribution in [3.63, 3.8) is 0 Å². The molecule has 0 saturated heterocycles. The van der Waals surface area contributed by atoms with Gasteiger partial charge in [0.1, 0.15) is 0 Å². The fraction of sp³-hybridized carbons (Fsp3) is 0.211. The zero-order valence-electron chi connectivity index (χ0n) is 16.0. The lowest BCUT2D eigenvalue weighted by Gasteiger charge is -2.12. The van der Waals surface area contributed by atoms with Gasteiger partial charge in [0, 0.05) is 30.4 Å². The number of rotatable bonds is 6. The van der Waals surface area contributed by atoms with Crippen LogP contribution in [0, 0.1) is 13.8 Å². The van der Waals surface area contributed by atoms with Crippen LogP contribution in [0.3, 0.4) is 0 Å². The largest absolute Gasteiger partial charge is 0.370 e. The minimum Gasteiger partial charge on any atom is -0.370 e. The number of amides is 4. The molecule has 0 spiro atoms. The Morgan fingerprint density at radius 2 is 1.83 bits per heavy atom. The van der Waals surface area contributed by atoms with E-state index in [9.17, 15) is 14.4 Å². The van der Waals surface area contributed by atoms with Crippen molar-refractivity contribution < 1.29 is 14.4 Å². The molecule has 0 bridgehead atoms. The van der Waals surface area contributed by atoms with E-state index in [-0.39, 0.29) is 18.9 Å². The number of anilines is 2. The van der Waals surface area contributed by atoms with Crippen LogP contribution in [0.4, 0.5) is 16.2 Å². The topological polar surface area (TPSA) is 144 Å². The number of nitrogens with two attached hydrogens (primary N) is 1. The molecule has 0 fully saturated rings. The number of benzene rings is 1. The monoisotopic (exact) mass is 395 g/mol. The van der Waals surface area contributed by atoms with Gasteiger partial charge >= 0.3 is 6.03 Å². The van der Waals surface area contributed by atoms with Gasteiger partial charge in [0.25, 0.3) is 5.91 Å². The fourth-order valence-corrected chi connectivity index (χ4v) is 2.91. The molecule has 3 rings (SSSR count). The number of carbonyl (C=O) groups is 3. The van der Waals surface area contributed by atoms with Crippen LogP contribution in [0.15, 0.2) is 36.5 Å². The van der Waals surface area contributed by atoms with Crippen LogP contribution in [0.1, 0.15) is 28.2 Å². The Morgan fingerprint density at radius 1 is 1.10 bits per heavy atom. The predicted octanol–water partition coefficient (Wildman–Crippen LogP) is 1.60. The molecular weight excluding hydrogens is 374 g/mol. The molecule has 29 heavy (non-hydrogen) atoms. The van der Waals surface area contributed by atoms with Crippen LogP contribution < -0.4 is 21.7 Å². The molecule has 5 N–H and O–H groups in total. The van der Waals surface area contributed by atoms with E-state index in [1.165, 1.54) is 0 Å². The van der Waals surface area contributed by atoms with Crippen molar-refractivity contribution in [2.24, 2.45) is 5.73 Å². The molecule has 0 aliphatic rings. The number of hydrogen-bond acceptors (Lipinski definition) is 5. The first kappa shape index (κ1) is 19.8. The molecule has 2 aromatic heterocycles. The third-order valence-electron chi connectivity index (χ3n) is 4.21. The Hall–Kier alpha value is -3.95. The van der Waals surface area contributed by atoms with Crippen molar-refractivity contribution in [2.45, 2.75) is 20.3 Å². The maximum absolute atomic E-state index is 12.8. The maximum atomic E-state index is 12.8. The summed E-state index contributed by atoms with van der Waals surface area (Å²) in [6.45, 7) is 3.71. The highest BCUT2D eigenvalue weighted by molar-refractivity contribution is 6.06. The Morgan fingerprint density at radius 3 is 2.55 bits per heavy atom. The van der Waals surface area contributed by atoms with Crippen LogP contribution in [-0.4, -0.2) is 39.0 Å². The molecule has 1 aromatic carbocycles. The summed E-state index contributed by atoms with van der Waals surface area (Å²) in [6, 6.07) is 8.00. The first-order valence-corrected chi connectivity index (χ1v) is 8.90. The van der Waals surface area contributed by atoms with Gasteiger partial charge in [-0.2, -0.15) is 5.10 Å². The van der Waals surface area contributed by atoms with Gasteiger partial charge < -0.3 is 21.7 Å². The molecule has 10 heteroatoms. The summed E-state index contributed by atoms with van der Waals surface area (Å²) in [7, 11) is 0. The van der Waals surface area contributed by atoms with Gasteiger partial charge in [0.05, 0.1) is 23.1 Å². The third-order valence-corrected chi connectivity index (χ3v) is 4.21. The van der Waals surface area contributed by atoms with Crippen molar-refractivity contribution in [1.29, 1.82) is 0 Å². The Balaban J connectivity index is 1.71. The number of nitrogens with zero attached hydrogens (tertiary/aromatic N) is 3. The van der Waals surface area contributed by atoms with Gasteiger partial charge in [-0.3, -0.25) is 9.59 Å². The number of carbonyl (C=O) groups excluding carboxylic acids is 3. The average molecular weight is 395 g/mol. The van der Waals surface area contributed by atoms with Crippen LogP contribution in [0.25, 0.3) is 5.65 Å². The highest BCUT2D eigenvalue weighted by Crippen LogP contribution is 2.19. The Bertz CT molecular complexity index is 1090. The lowest BCUT2D eigenvalue weighted by molar-refractivity contribution is -0.117. The fourth-order valence-electron chi connectivity index (χ4n) is 2.91. The molecule has 0 aliphatic carbocycles. The molecule has 0 radical (unpaired) electrons. The zero-order chi connectivity index (χ0) is 21.0. The lowest BCUT2D eigenvalue weighted by Crippen LogP contribution is -2.31. The molecule has 0 saturated carbocycles. The summed E-state index contributed by atoms with van der Waals surface area (Å²) >= 11 is 0. The van der Waals surface area contributed by atoms with E-state index >= 15 is 0 Å². The van der Waals surface area contributed by atoms with E-state index < -0.39 is 11.9 Å². The van der Waals surface area contributed by atoms with Gasteiger partial charge in [0.15, 0.2) is 5.65 Å². The molecule has 0 atom stereocenters. The van der Waals surface area contributed by atoms with Gasteiger partial charge in [-0.05, 0) is 32.0 Å². The molecule has 150 valence electrons. The van der Waals surface area contributed by atoms with Gasteiger partial charge in [0.2, 0.25) is 5.91 Å². The molecule has 0 unspecified atom stereocenters. The van der Waals surface area contributed by atoms with Crippen molar-refractivity contribution in [1.82, 2.24) is 19.9 Å². The molecule has 3 aromatic rings. The average Bonchev–Trinajstić information content (AvgIpc) is 3.10. The van der Waals surface area contributed by atoms with E-state index in [4.69, 9.17) is 5.73 Å². The summed E-state index contributed by atoms with van der Waals surface area (Å²) in [5.41, 5.74) is 8.39. The number of aromatic nitrogens is 3. The van der Waals surface area contributed by atoms with Crippen molar-refractivity contribution in [2.75, 3.05) is 17.2 Å². The minimum atomic E-state index is -0.497. The smallest absolute Gasteiger partial charge is 0.319 e. The Labute approximate surface area is 166 Å². The number of fused-ring (bicyclic) bond motifs is 1. The van der Waals surface area contributed by atoms with Gasteiger partial charge in [-0.25, -0.2) is 14.3 Å². The van der Waals surface area contributed by atoms with Gasteiger partial charge in [-0.1, -0.05) is 6.07 Å². The van der Waals surface area contributed by atoms with E-state index in [0.29, 0.717) is 34.0 Å². The second-order valence-electron chi connectivity index (χ2n) is 6.39. The second-order valence-corrected chi connectivity index (χ2v) is 6.39. The maximum Gasteiger partial charge on any atom is 0.319 e. The quantitative estimate of drug-likeness (QED) is 0.501. The number of primary amides is 1. The summed E-state index contributed by atoms with van der Waals surface area (Å²) in [5.74, 6) is -0.823. The molecule has 0 aliphatic heterocycles. The van der Waals surface area contributed by atoms with Crippen LogP contribution in [-0.2, 0) is 4.79 Å². The standard InChI is InChI=1S/C19H21N7O3/c1-11-17(12(2)26-16(23-11)7-9-22-26)18(28)24-13-4-3-5-14(10-13)25-19(29)21-8-6-15(20)27/h3-5,7,9-10H,6,8H2,1-2H3,(H2,20,27)(H,24,28)(H2,21,25,29). The highest BCUT2D eigenvalue weighted by Gasteiger charge is 2.17. The molecule has 2 heterocycles. The minimum absolute atomic E-state index is 0.0524. The van der Waals surface area contributed by atoms with Crippen molar-refractivity contribution in [3.8, 4) is 0 Å². The summed E-state index contributed by atoms with van der Waals surface area (Å²) < 4.78 is 1.61. The summed E-state index contributed by atoms with van der Waals surface area (Å²) in [6.07, 6.45) is 1.68. The van der Waals surface area contributed by atoms with E-state index in [0.717, 1.165) is 0 Å². The number of hydrogen-bond donors (Lipinski definition) is 4. The van der Waals surface area contributed by atoms with Crippen molar-refractivity contribution in [3.05, 3.63) is 53.5 Å². The summed E-state index contributed by atoms with van der Waals surface area (Å²) in [4.78, 5) is 39.8. The predicted molar refractivity (Wildman–Crippen MR) is 108 cm³/mol. The summed E-state index contributed by atoms with van der Waals surface area (Å²) in [5, 5.41) is 12.2. The number of nitrogens with one attached hydrogen (secondary N) is 3. The number of urea groups is 1. The normalized spacial score (nSPS) is 10.6. The first-order chi connectivity index (χ1) is 13.8. The zero-order valence-corrected chi connectivity index (χ0v) is 16.0. The SMILES string of the molecule is Cc1nc2ccnn2c(C)c1C(=O)Nc1cccc(NC(=O)NCCC(N)=O)c1. The number of aryl methyl sites for hydroxylation is 2. The van der Waals surface area contributed by atoms with Gasteiger partial charge in [-0.15, -0.1) is 0 Å². The molecule has 10 nitrogen and oxygen atoms in total. The highest BCUT2D eigenvalue weighted by atomic mass is 16.2. The second kappa shape index (κ2) is 8.38. The van der Waals surface area contributed by atoms with Crippen LogP contribution >= 0.6 is 0 Å². The Kier molecular flexibility index (Phi) is 5.72. The van der Waals surface area contributed by atoms with Crippen LogP contribution in [0.5, 0.6) is 0 Å². The molecule has 4 amide bonds. The van der Waals surface area contributed by atoms with E-state index in [1.807, 2.05) is 0 Å². The third kappa shape index (κ3) is 4.67. The molecular formula is C19H21N7O3. The lowest BCUT2D eigenvalue weighted by atomic mass is 10.1.